The highest BCUT2D eigenvalue weighted by Crippen LogP contribution is 2.28. The molecule has 2 N–H and O–H groups in total. The molecule has 0 bridgehead atoms. The first kappa shape index (κ1) is 12.4. The molecular formula is C13H22N2O2. The summed E-state index contributed by atoms with van der Waals surface area (Å²) in [4.78, 5) is 25.1. The molecule has 4 heteroatoms. The molecule has 1 heterocycles. The first-order valence-corrected chi connectivity index (χ1v) is 6.74. The average Bonchev–Trinajstić information content (AvgIpc) is 2.82. The molecule has 0 aromatic heterocycles. The fraction of sp³-hybridized carbons (Fsp3) is 0.846. The third kappa shape index (κ3) is 3.20. The van der Waals surface area contributed by atoms with E-state index in [4.69, 9.17) is 5.73 Å². The monoisotopic (exact) mass is 238 g/mol. The molecule has 2 aliphatic rings. The van der Waals surface area contributed by atoms with Gasteiger partial charge in [-0.15, -0.1) is 0 Å². The largest absolute Gasteiger partial charge is 0.369 e. The Bertz CT molecular complexity index is 298. The molecule has 1 saturated heterocycles. The maximum absolute atomic E-state index is 12.1. The Morgan fingerprint density at radius 3 is 2.47 bits per heavy atom. The lowest BCUT2D eigenvalue weighted by Crippen LogP contribution is -2.44. The van der Waals surface area contributed by atoms with Gasteiger partial charge in [-0.05, 0) is 31.6 Å². The van der Waals surface area contributed by atoms with E-state index in [0.717, 1.165) is 19.4 Å². The van der Waals surface area contributed by atoms with Crippen LogP contribution in [-0.4, -0.2) is 29.8 Å². The van der Waals surface area contributed by atoms with Crippen LogP contribution in [0.2, 0.25) is 0 Å². The number of hydrogen-bond acceptors (Lipinski definition) is 2. The van der Waals surface area contributed by atoms with Crippen molar-refractivity contribution in [2.75, 3.05) is 13.1 Å². The zero-order valence-electron chi connectivity index (χ0n) is 10.4. The first-order valence-electron chi connectivity index (χ1n) is 6.74. The van der Waals surface area contributed by atoms with Gasteiger partial charge in [-0.2, -0.15) is 0 Å². The Morgan fingerprint density at radius 1 is 1.12 bits per heavy atom. The quantitative estimate of drug-likeness (QED) is 0.805. The summed E-state index contributed by atoms with van der Waals surface area (Å²) in [6, 6.07) is 0. The third-order valence-corrected chi connectivity index (χ3v) is 4.11. The predicted molar refractivity (Wildman–Crippen MR) is 65.1 cm³/mol. The molecule has 1 atom stereocenters. The van der Waals surface area contributed by atoms with Crippen molar-refractivity contribution in [1.82, 2.24) is 4.90 Å². The van der Waals surface area contributed by atoms with Gasteiger partial charge in [0.1, 0.15) is 0 Å². The van der Waals surface area contributed by atoms with Crippen LogP contribution in [0.1, 0.15) is 44.9 Å². The number of nitrogens with zero attached hydrogens (tertiary/aromatic N) is 1. The standard InChI is InChI=1S/C13H22N2O2/c14-13(17)11-6-3-7-15(9-11)12(16)8-10-4-1-2-5-10/h10-11H,1-9H2,(H2,14,17)/t11-/m1/s1. The summed E-state index contributed by atoms with van der Waals surface area (Å²) in [5.41, 5.74) is 5.32. The van der Waals surface area contributed by atoms with Gasteiger partial charge < -0.3 is 10.6 Å². The van der Waals surface area contributed by atoms with Crippen LogP contribution in [0, 0.1) is 11.8 Å². The number of nitrogens with two attached hydrogens (primary N) is 1. The molecule has 0 aromatic rings. The van der Waals surface area contributed by atoms with Crippen molar-refractivity contribution in [3.8, 4) is 0 Å². The molecule has 2 fully saturated rings. The second-order valence-corrected chi connectivity index (χ2v) is 5.44. The normalized spacial score (nSPS) is 26.1. The van der Waals surface area contributed by atoms with Gasteiger partial charge in [-0.1, -0.05) is 12.8 Å². The maximum atomic E-state index is 12.1. The topological polar surface area (TPSA) is 63.4 Å². The molecule has 0 aromatic carbocycles. The molecule has 0 unspecified atom stereocenters. The van der Waals surface area contributed by atoms with Crippen LogP contribution in [0.15, 0.2) is 0 Å². The highest BCUT2D eigenvalue weighted by atomic mass is 16.2. The molecule has 1 saturated carbocycles. The van der Waals surface area contributed by atoms with Crippen LogP contribution in [0.5, 0.6) is 0 Å². The van der Waals surface area contributed by atoms with Crippen molar-refractivity contribution in [3.05, 3.63) is 0 Å². The highest BCUT2D eigenvalue weighted by molar-refractivity contribution is 5.80. The molecule has 1 aliphatic carbocycles. The Kier molecular flexibility index (Phi) is 4.02. The van der Waals surface area contributed by atoms with Gasteiger partial charge in [0.05, 0.1) is 5.92 Å². The van der Waals surface area contributed by atoms with Gasteiger partial charge in [0.25, 0.3) is 0 Å². The van der Waals surface area contributed by atoms with Crippen molar-refractivity contribution in [3.63, 3.8) is 0 Å². The van der Waals surface area contributed by atoms with E-state index in [1.807, 2.05) is 4.90 Å². The Balaban J connectivity index is 1.83. The minimum atomic E-state index is -0.261. The number of piperidine rings is 1. The molecular weight excluding hydrogens is 216 g/mol. The molecule has 0 spiro atoms. The van der Waals surface area contributed by atoms with Crippen LogP contribution in [0.25, 0.3) is 0 Å². The van der Waals surface area contributed by atoms with E-state index < -0.39 is 0 Å². The Hall–Kier alpha value is -1.06. The lowest BCUT2D eigenvalue weighted by atomic mass is 9.96. The van der Waals surface area contributed by atoms with Gasteiger partial charge >= 0.3 is 0 Å². The van der Waals surface area contributed by atoms with Crippen LogP contribution in [-0.2, 0) is 9.59 Å². The van der Waals surface area contributed by atoms with E-state index >= 15 is 0 Å². The average molecular weight is 238 g/mol. The number of likely N-dealkylation sites (tertiary alicyclic amines) is 1. The summed E-state index contributed by atoms with van der Waals surface area (Å²) in [5, 5.41) is 0. The van der Waals surface area contributed by atoms with Crippen LogP contribution >= 0.6 is 0 Å². The van der Waals surface area contributed by atoms with E-state index in [0.29, 0.717) is 18.9 Å². The van der Waals surface area contributed by atoms with Gasteiger partial charge in [-0.3, -0.25) is 9.59 Å². The zero-order valence-corrected chi connectivity index (χ0v) is 10.4. The number of primary amides is 1. The van der Waals surface area contributed by atoms with E-state index in [1.165, 1.54) is 25.7 Å². The molecule has 17 heavy (non-hydrogen) atoms. The van der Waals surface area contributed by atoms with Crippen LogP contribution < -0.4 is 5.73 Å². The van der Waals surface area contributed by atoms with Crippen LogP contribution in [0.4, 0.5) is 0 Å². The van der Waals surface area contributed by atoms with Crippen molar-refractivity contribution in [2.24, 2.45) is 17.6 Å². The molecule has 0 radical (unpaired) electrons. The van der Waals surface area contributed by atoms with Crippen molar-refractivity contribution < 1.29 is 9.59 Å². The van der Waals surface area contributed by atoms with E-state index in [1.54, 1.807) is 0 Å². The summed E-state index contributed by atoms with van der Waals surface area (Å²) in [7, 11) is 0. The fourth-order valence-corrected chi connectivity index (χ4v) is 3.03. The number of hydrogen-bond donors (Lipinski definition) is 1. The molecule has 2 amide bonds. The SMILES string of the molecule is NC(=O)[C@@H]1CCCN(C(=O)CC2CCCC2)C1. The zero-order chi connectivity index (χ0) is 12.3. The third-order valence-electron chi connectivity index (χ3n) is 4.11. The Labute approximate surface area is 103 Å². The van der Waals surface area contributed by atoms with Crippen molar-refractivity contribution in [1.29, 1.82) is 0 Å². The fourth-order valence-electron chi connectivity index (χ4n) is 3.03. The minimum Gasteiger partial charge on any atom is -0.369 e. The summed E-state index contributed by atoms with van der Waals surface area (Å²) in [6.07, 6.45) is 7.33. The molecule has 2 rings (SSSR count). The number of carbonyl (C=O) groups excluding carboxylic acids is 2. The second-order valence-electron chi connectivity index (χ2n) is 5.44. The maximum Gasteiger partial charge on any atom is 0.222 e. The lowest BCUT2D eigenvalue weighted by Gasteiger charge is -2.32. The van der Waals surface area contributed by atoms with Gasteiger partial charge in [0, 0.05) is 19.5 Å². The first-order chi connectivity index (χ1) is 8.16. The molecule has 96 valence electrons. The number of rotatable bonds is 3. The van der Waals surface area contributed by atoms with Gasteiger partial charge in [-0.25, -0.2) is 0 Å². The highest BCUT2D eigenvalue weighted by Gasteiger charge is 2.28. The molecule has 4 nitrogen and oxygen atoms in total. The smallest absolute Gasteiger partial charge is 0.222 e. The summed E-state index contributed by atoms with van der Waals surface area (Å²) >= 11 is 0. The lowest BCUT2D eigenvalue weighted by molar-refractivity contribution is -0.135. The van der Waals surface area contributed by atoms with Crippen molar-refractivity contribution in [2.45, 2.75) is 44.9 Å². The Morgan fingerprint density at radius 2 is 1.82 bits per heavy atom. The predicted octanol–water partition coefficient (Wildman–Crippen LogP) is 1.29. The summed E-state index contributed by atoms with van der Waals surface area (Å²) < 4.78 is 0. The van der Waals surface area contributed by atoms with Crippen molar-refractivity contribution >= 4 is 11.8 Å². The van der Waals surface area contributed by atoms with Gasteiger partial charge in [0.15, 0.2) is 0 Å². The molecule has 1 aliphatic heterocycles. The second kappa shape index (κ2) is 5.52. The minimum absolute atomic E-state index is 0.128. The van der Waals surface area contributed by atoms with E-state index in [2.05, 4.69) is 0 Å². The number of carbonyl (C=O) groups is 2. The summed E-state index contributed by atoms with van der Waals surface area (Å²) in [6.45, 7) is 1.34. The summed E-state index contributed by atoms with van der Waals surface area (Å²) in [5.74, 6) is 0.416. The van der Waals surface area contributed by atoms with Gasteiger partial charge in [0.2, 0.25) is 11.8 Å². The van der Waals surface area contributed by atoms with E-state index in [-0.39, 0.29) is 17.7 Å². The van der Waals surface area contributed by atoms with Crippen LogP contribution in [0.3, 0.4) is 0 Å². The van der Waals surface area contributed by atoms with E-state index in [9.17, 15) is 9.59 Å². The number of amides is 2.